The van der Waals surface area contributed by atoms with Crippen LogP contribution >= 0.6 is 11.3 Å². The minimum atomic E-state index is -0.699. The molecule has 10 heteroatoms. The number of rotatable bonds is 7. The highest BCUT2D eigenvalue weighted by Crippen LogP contribution is 2.28. The van der Waals surface area contributed by atoms with Crippen LogP contribution in [0.1, 0.15) is 41.0 Å². The van der Waals surface area contributed by atoms with Crippen LogP contribution in [-0.2, 0) is 4.79 Å². The molecule has 0 bridgehead atoms. The van der Waals surface area contributed by atoms with E-state index in [2.05, 4.69) is 20.8 Å². The Balaban J connectivity index is 2.40. The number of nitrogens with one attached hydrogen (secondary N) is 2. The zero-order chi connectivity index (χ0) is 19.1. The Bertz CT molecular complexity index is 849. The summed E-state index contributed by atoms with van der Waals surface area (Å²) in [6, 6.07) is 4.37. The molecule has 0 atom stereocenters. The number of carbonyl (C=O) groups is 3. The summed E-state index contributed by atoms with van der Waals surface area (Å²) in [5.41, 5.74) is -0.0490. The maximum Gasteiger partial charge on any atom is 0.308 e. The van der Waals surface area contributed by atoms with E-state index < -0.39 is 17.8 Å². The summed E-state index contributed by atoms with van der Waals surface area (Å²) in [5.74, 6) is -1.85. The summed E-state index contributed by atoms with van der Waals surface area (Å²) in [6.45, 7) is 3.51. The fourth-order valence-corrected chi connectivity index (χ4v) is 2.64. The number of hydrogen-bond acceptors (Lipinski definition) is 8. The van der Waals surface area contributed by atoms with Crippen LogP contribution in [0.2, 0.25) is 0 Å². The van der Waals surface area contributed by atoms with E-state index in [1.807, 2.05) is 6.92 Å². The third-order valence-corrected chi connectivity index (χ3v) is 3.88. The zero-order valence-electron chi connectivity index (χ0n) is 14.1. The van der Waals surface area contributed by atoms with Crippen molar-refractivity contribution in [1.29, 1.82) is 0 Å². The van der Waals surface area contributed by atoms with Gasteiger partial charge in [-0.1, -0.05) is 24.3 Å². The molecule has 0 fully saturated rings. The van der Waals surface area contributed by atoms with Gasteiger partial charge in [-0.2, -0.15) is 0 Å². The van der Waals surface area contributed by atoms with Gasteiger partial charge in [0.15, 0.2) is 10.1 Å². The summed E-state index contributed by atoms with van der Waals surface area (Å²) in [5, 5.41) is 8.10. The Morgan fingerprint density at radius 3 is 2.65 bits per heavy atom. The van der Waals surface area contributed by atoms with Crippen molar-refractivity contribution in [3.8, 4) is 5.75 Å². The molecule has 0 unspecified atom stereocenters. The van der Waals surface area contributed by atoms with E-state index in [1.165, 1.54) is 31.3 Å². The van der Waals surface area contributed by atoms with Crippen LogP contribution in [0, 0.1) is 4.91 Å². The van der Waals surface area contributed by atoms with Gasteiger partial charge in [-0.15, -0.1) is 4.91 Å². The quantitative estimate of drug-likeness (QED) is 0.434. The SMILES string of the molecule is CCCNC(=O)c1cccc(OC(C)=O)c1C(=O)Nc1ncc(N=O)s1. The molecule has 0 spiro atoms. The molecule has 1 aromatic carbocycles. The van der Waals surface area contributed by atoms with Gasteiger partial charge in [-0.3, -0.25) is 19.7 Å². The number of aromatic nitrogens is 1. The van der Waals surface area contributed by atoms with Crippen molar-refractivity contribution >= 4 is 39.3 Å². The van der Waals surface area contributed by atoms with Crippen molar-refractivity contribution in [3.63, 3.8) is 0 Å². The first-order valence-electron chi connectivity index (χ1n) is 7.66. The zero-order valence-corrected chi connectivity index (χ0v) is 14.9. The van der Waals surface area contributed by atoms with Gasteiger partial charge in [-0.25, -0.2) is 4.98 Å². The molecule has 0 saturated heterocycles. The van der Waals surface area contributed by atoms with Crippen molar-refractivity contribution in [3.05, 3.63) is 40.4 Å². The molecule has 0 aliphatic rings. The molecular formula is C16H16N4O5S. The minimum Gasteiger partial charge on any atom is -0.426 e. The second-order valence-electron chi connectivity index (χ2n) is 5.08. The summed E-state index contributed by atoms with van der Waals surface area (Å²) in [4.78, 5) is 50.7. The lowest BCUT2D eigenvalue weighted by Crippen LogP contribution is -2.27. The molecule has 26 heavy (non-hydrogen) atoms. The topological polar surface area (TPSA) is 127 Å². The normalized spacial score (nSPS) is 10.1. The Morgan fingerprint density at radius 1 is 1.27 bits per heavy atom. The molecule has 1 heterocycles. The van der Waals surface area contributed by atoms with Crippen LogP contribution in [0.15, 0.2) is 29.6 Å². The second-order valence-corrected chi connectivity index (χ2v) is 6.09. The van der Waals surface area contributed by atoms with Crippen molar-refractivity contribution in [2.45, 2.75) is 20.3 Å². The van der Waals surface area contributed by atoms with Gasteiger partial charge in [0, 0.05) is 13.5 Å². The number of anilines is 1. The lowest BCUT2D eigenvalue weighted by atomic mass is 10.0. The summed E-state index contributed by atoms with van der Waals surface area (Å²) >= 11 is 0.873. The Kier molecular flexibility index (Phi) is 6.50. The van der Waals surface area contributed by atoms with Crippen LogP contribution in [0.4, 0.5) is 10.1 Å². The molecule has 2 amide bonds. The lowest BCUT2D eigenvalue weighted by molar-refractivity contribution is -0.131. The van der Waals surface area contributed by atoms with Crippen LogP contribution in [-0.4, -0.2) is 29.3 Å². The monoisotopic (exact) mass is 376 g/mol. The van der Waals surface area contributed by atoms with E-state index >= 15 is 0 Å². The van der Waals surface area contributed by atoms with Gasteiger partial charge in [0.05, 0.1) is 17.3 Å². The van der Waals surface area contributed by atoms with Crippen molar-refractivity contribution in [2.75, 3.05) is 11.9 Å². The fourth-order valence-electron chi connectivity index (χ4n) is 2.05. The summed E-state index contributed by atoms with van der Waals surface area (Å²) in [7, 11) is 0. The number of esters is 1. The first kappa shape index (κ1) is 19.2. The van der Waals surface area contributed by atoms with Crippen LogP contribution in [0.5, 0.6) is 5.75 Å². The Hall–Kier alpha value is -3.14. The Labute approximate surface area is 152 Å². The molecule has 9 nitrogen and oxygen atoms in total. The van der Waals surface area contributed by atoms with Gasteiger partial charge in [0.25, 0.3) is 11.8 Å². The highest BCUT2D eigenvalue weighted by atomic mass is 32.1. The van der Waals surface area contributed by atoms with E-state index in [4.69, 9.17) is 4.74 Å². The van der Waals surface area contributed by atoms with E-state index in [9.17, 15) is 19.3 Å². The average Bonchev–Trinajstić information content (AvgIpc) is 3.06. The molecule has 0 aliphatic heterocycles. The predicted molar refractivity (Wildman–Crippen MR) is 95.9 cm³/mol. The molecular weight excluding hydrogens is 360 g/mol. The van der Waals surface area contributed by atoms with E-state index in [0.717, 1.165) is 17.8 Å². The van der Waals surface area contributed by atoms with Crippen LogP contribution in [0.3, 0.4) is 0 Å². The number of nitroso groups, excluding NO2 is 1. The number of carbonyl (C=O) groups excluding carboxylic acids is 3. The molecule has 136 valence electrons. The first-order chi connectivity index (χ1) is 12.5. The van der Waals surface area contributed by atoms with Crippen LogP contribution < -0.4 is 15.4 Å². The number of amides is 2. The lowest BCUT2D eigenvalue weighted by Gasteiger charge is -2.13. The first-order valence-corrected chi connectivity index (χ1v) is 8.48. The minimum absolute atomic E-state index is 0.0514. The van der Waals surface area contributed by atoms with E-state index in [0.29, 0.717) is 6.54 Å². The Morgan fingerprint density at radius 2 is 2.04 bits per heavy atom. The second kappa shape index (κ2) is 8.81. The van der Waals surface area contributed by atoms with Gasteiger partial charge in [0.2, 0.25) is 0 Å². The molecule has 0 aliphatic carbocycles. The van der Waals surface area contributed by atoms with E-state index in [1.54, 1.807) is 0 Å². The third kappa shape index (κ3) is 4.70. The van der Waals surface area contributed by atoms with Gasteiger partial charge < -0.3 is 10.1 Å². The van der Waals surface area contributed by atoms with Crippen molar-refractivity contribution in [2.24, 2.45) is 5.18 Å². The molecule has 2 N–H and O–H groups in total. The fraction of sp³-hybridized carbons (Fsp3) is 0.250. The van der Waals surface area contributed by atoms with Gasteiger partial charge in [0.1, 0.15) is 5.75 Å². The number of ether oxygens (including phenoxy) is 1. The number of benzene rings is 1. The molecule has 1 aromatic heterocycles. The van der Waals surface area contributed by atoms with Crippen molar-refractivity contribution in [1.82, 2.24) is 10.3 Å². The number of thiazole rings is 1. The maximum atomic E-state index is 12.7. The largest absolute Gasteiger partial charge is 0.426 e. The summed E-state index contributed by atoms with van der Waals surface area (Å²) in [6.07, 6.45) is 1.93. The highest BCUT2D eigenvalue weighted by molar-refractivity contribution is 7.19. The molecule has 2 rings (SSSR count). The van der Waals surface area contributed by atoms with E-state index in [-0.39, 0.29) is 27.0 Å². The predicted octanol–water partition coefficient (Wildman–Crippen LogP) is 2.86. The maximum absolute atomic E-state index is 12.7. The molecule has 2 aromatic rings. The molecule has 0 radical (unpaired) electrons. The number of nitrogens with zero attached hydrogens (tertiary/aromatic N) is 2. The van der Waals surface area contributed by atoms with Gasteiger partial charge in [-0.05, 0) is 23.7 Å². The highest BCUT2D eigenvalue weighted by Gasteiger charge is 2.23. The number of hydrogen-bond donors (Lipinski definition) is 2. The third-order valence-electron chi connectivity index (χ3n) is 3.09. The summed E-state index contributed by atoms with van der Waals surface area (Å²) < 4.78 is 5.06. The van der Waals surface area contributed by atoms with Crippen molar-refractivity contribution < 1.29 is 19.1 Å². The standard InChI is InChI=1S/C16H16N4O5S/c1-3-7-17-14(22)10-5-4-6-11(25-9(2)21)13(10)15(23)19-16-18-8-12(20-24)26-16/h4-6,8H,3,7H2,1-2H3,(H,17,22)(H,18,19,23). The smallest absolute Gasteiger partial charge is 0.308 e. The van der Waals surface area contributed by atoms with Crippen LogP contribution in [0.25, 0.3) is 0 Å². The van der Waals surface area contributed by atoms with Gasteiger partial charge >= 0.3 is 5.97 Å². The average molecular weight is 376 g/mol. The molecule has 0 saturated carbocycles.